The molecule has 0 atom stereocenters. The lowest BCUT2D eigenvalue weighted by atomic mass is 9.70. The first-order chi connectivity index (χ1) is 44.1. The summed E-state index contributed by atoms with van der Waals surface area (Å²) in [4.78, 5) is 4.86. The maximum atomic E-state index is 2.55. The molecule has 1 spiro atoms. The van der Waals surface area contributed by atoms with Crippen molar-refractivity contribution in [3.63, 3.8) is 0 Å². The number of nitrogens with zero attached hydrogens (tertiary/aromatic N) is 4. The summed E-state index contributed by atoms with van der Waals surface area (Å²) < 4.78 is 4.78. The molecule has 414 valence electrons. The Labute approximate surface area is 514 Å². The third kappa shape index (κ3) is 7.23. The van der Waals surface area contributed by atoms with Crippen molar-refractivity contribution >= 4 is 110 Å². The Bertz CT molecular complexity index is 5450. The van der Waals surface area contributed by atoms with E-state index in [1.807, 2.05) is 0 Å². The maximum absolute atomic E-state index is 2.55. The van der Waals surface area contributed by atoms with E-state index in [1.54, 1.807) is 0 Å². The van der Waals surface area contributed by atoms with Crippen molar-refractivity contribution in [2.45, 2.75) is 5.41 Å². The molecule has 4 heteroatoms. The van der Waals surface area contributed by atoms with Crippen LogP contribution in [0.2, 0.25) is 0 Å². The van der Waals surface area contributed by atoms with Crippen LogP contribution in [0, 0.1) is 0 Å². The smallest absolute Gasteiger partial charge is 0.0726 e. The van der Waals surface area contributed by atoms with Gasteiger partial charge in [-0.05, 0) is 222 Å². The highest BCUT2D eigenvalue weighted by molar-refractivity contribution is 6.14. The highest BCUT2D eigenvalue weighted by Gasteiger charge is 2.52. The van der Waals surface area contributed by atoms with Crippen molar-refractivity contribution < 1.29 is 0 Å². The van der Waals surface area contributed by atoms with E-state index in [0.29, 0.717) is 0 Å². The van der Waals surface area contributed by atoms with Crippen LogP contribution >= 0.6 is 0 Å². The van der Waals surface area contributed by atoms with Gasteiger partial charge in [0.25, 0.3) is 0 Å². The molecular weight excluding hydrogens is 1080 g/mol. The van der Waals surface area contributed by atoms with Gasteiger partial charge in [0, 0.05) is 67.0 Å². The van der Waals surface area contributed by atoms with E-state index in [9.17, 15) is 0 Å². The predicted octanol–water partition coefficient (Wildman–Crippen LogP) is 22.6. The van der Waals surface area contributed by atoms with Crippen LogP contribution in [0.1, 0.15) is 22.3 Å². The third-order valence-electron chi connectivity index (χ3n) is 19.4. The van der Waals surface area contributed by atoms with Crippen molar-refractivity contribution in [2.75, 3.05) is 9.80 Å². The number of hydrogen-bond donors (Lipinski definition) is 0. The fraction of sp³-hybridized carbons (Fsp3) is 0.0118. The Morgan fingerprint density at radius 1 is 0.213 bits per heavy atom. The summed E-state index contributed by atoms with van der Waals surface area (Å²) in [5, 5.41) is 12.2. The second kappa shape index (κ2) is 19.1. The van der Waals surface area contributed by atoms with Crippen LogP contribution in [0.15, 0.2) is 328 Å². The van der Waals surface area contributed by atoms with Gasteiger partial charge in [-0.1, -0.05) is 182 Å². The molecule has 0 unspecified atom stereocenters. The number of para-hydroxylation sites is 6. The van der Waals surface area contributed by atoms with Gasteiger partial charge in [-0.15, -0.1) is 0 Å². The minimum absolute atomic E-state index is 0.622. The van der Waals surface area contributed by atoms with Crippen molar-refractivity contribution in [1.82, 2.24) is 9.13 Å². The van der Waals surface area contributed by atoms with E-state index in [1.165, 1.54) is 120 Å². The van der Waals surface area contributed by atoms with E-state index in [4.69, 9.17) is 0 Å². The molecule has 0 fully saturated rings. The van der Waals surface area contributed by atoms with Crippen LogP contribution in [0.3, 0.4) is 0 Å². The van der Waals surface area contributed by atoms with Gasteiger partial charge in [0.2, 0.25) is 0 Å². The largest absolute Gasteiger partial charge is 0.310 e. The van der Waals surface area contributed by atoms with Crippen LogP contribution in [-0.2, 0) is 5.41 Å². The predicted molar refractivity (Wildman–Crippen MR) is 373 cm³/mol. The number of fused-ring (bicyclic) bond motifs is 20. The summed E-state index contributed by atoms with van der Waals surface area (Å²) in [7, 11) is 0. The van der Waals surface area contributed by atoms with Gasteiger partial charge >= 0.3 is 0 Å². The molecule has 0 N–H and O–H groups in total. The van der Waals surface area contributed by atoms with E-state index < -0.39 is 5.41 Å². The molecule has 19 rings (SSSR count). The Kier molecular flexibility index (Phi) is 10.7. The minimum atomic E-state index is -0.622. The number of hydrogen-bond acceptors (Lipinski definition) is 2. The van der Waals surface area contributed by atoms with E-state index in [-0.39, 0.29) is 0 Å². The third-order valence-corrected chi connectivity index (χ3v) is 19.4. The lowest BCUT2D eigenvalue weighted by molar-refractivity contribution is 0.797. The molecule has 4 nitrogen and oxygen atoms in total. The zero-order valence-corrected chi connectivity index (χ0v) is 48.5. The number of anilines is 6. The number of rotatable bonds is 8. The van der Waals surface area contributed by atoms with Crippen LogP contribution in [0.4, 0.5) is 34.1 Å². The highest BCUT2D eigenvalue weighted by Crippen LogP contribution is 2.65. The molecule has 2 heterocycles. The molecule has 2 aliphatic carbocycles. The molecule has 89 heavy (non-hydrogen) atoms. The standard InChI is InChI=1S/C85H54N4/c1-5-22-60(23-6-1)86(66-42-45-82-74(53-66)69-31-16-19-35-80(69)88(82)62-26-9-3-10-27-62)64-40-37-56-49-72-73-50-57-38-41-65(87(61-24-7-2-8-25-61)67-43-46-83-75(54-67)70-32-17-20-36-81(70)89(83)63-28-11-4-12-29-63)48-59(57)52-79(73)85(78(72)51-58(56)47-64)76-34-18-15-33-71(76)84-68-30-14-13-21-55(68)39-44-77(84)85/h1-54H. The molecule has 2 aromatic heterocycles. The van der Waals surface area contributed by atoms with Crippen molar-refractivity contribution in [1.29, 1.82) is 0 Å². The average Bonchev–Trinajstić information content (AvgIpc) is 1.51. The fourth-order valence-corrected chi connectivity index (χ4v) is 15.6. The van der Waals surface area contributed by atoms with Crippen LogP contribution in [0.25, 0.3) is 110 Å². The van der Waals surface area contributed by atoms with E-state index in [0.717, 1.165) is 45.5 Å². The summed E-state index contributed by atoms with van der Waals surface area (Å²) in [6.07, 6.45) is 0. The Morgan fingerprint density at radius 2 is 0.618 bits per heavy atom. The van der Waals surface area contributed by atoms with Gasteiger partial charge in [-0.2, -0.15) is 0 Å². The first-order valence-electron chi connectivity index (χ1n) is 30.8. The summed E-state index contributed by atoms with van der Waals surface area (Å²) in [6, 6.07) is 122. The van der Waals surface area contributed by atoms with E-state index in [2.05, 4.69) is 347 Å². The van der Waals surface area contributed by atoms with Crippen molar-refractivity contribution in [3.8, 4) is 33.6 Å². The average molecular weight is 1130 g/mol. The molecule has 0 saturated heterocycles. The molecule has 0 bridgehead atoms. The Hall–Kier alpha value is -11.7. The van der Waals surface area contributed by atoms with Gasteiger partial charge in [0.1, 0.15) is 0 Å². The molecule has 2 aliphatic rings. The Morgan fingerprint density at radius 3 is 1.15 bits per heavy atom. The summed E-state index contributed by atoms with van der Waals surface area (Å²) in [6.45, 7) is 0. The number of aromatic nitrogens is 2. The molecular formula is C85H54N4. The second-order valence-electron chi connectivity index (χ2n) is 24.0. The molecule has 17 aromatic rings. The lowest BCUT2D eigenvalue weighted by Gasteiger charge is -2.31. The molecule has 15 aromatic carbocycles. The van der Waals surface area contributed by atoms with Crippen LogP contribution in [-0.4, -0.2) is 9.13 Å². The quantitative estimate of drug-likeness (QED) is 0.151. The summed E-state index contributed by atoms with van der Waals surface area (Å²) >= 11 is 0. The van der Waals surface area contributed by atoms with E-state index >= 15 is 0 Å². The summed E-state index contributed by atoms with van der Waals surface area (Å²) in [5.74, 6) is 0. The molecule has 0 saturated carbocycles. The highest BCUT2D eigenvalue weighted by atomic mass is 15.1. The Balaban J connectivity index is 0.814. The van der Waals surface area contributed by atoms with Crippen molar-refractivity contribution in [3.05, 3.63) is 350 Å². The molecule has 0 aliphatic heterocycles. The van der Waals surface area contributed by atoms with Gasteiger partial charge in [0.15, 0.2) is 0 Å². The van der Waals surface area contributed by atoms with Crippen LogP contribution < -0.4 is 9.80 Å². The second-order valence-corrected chi connectivity index (χ2v) is 24.0. The zero-order valence-electron chi connectivity index (χ0n) is 48.5. The topological polar surface area (TPSA) is 16.3 Å². The maximum Gasteiger partial charge on any atom is 0.0726 e. The van der Waals surface area contributed by atoms with Gasteiger partial charge in [-0.25, -0.2) is 0 Å². The molecule has 0 amide bonds. The van der Waals surface area contributed by atoms with Crippen LogP contribution in [0.5, 0.6) is 0 Å². The van der Waals surface area contributed by atoms with Gasteiger partial charge in [-0.3, -0.25) is 0 Å². The summed E-state index contributed by atoms with van der Waals surface area (Å²) in [5.41, 5.74) is 23.4. The normalized spacial score (nSPS) is 12.8. The fourth-order valence-electron chi connectivity index (χ4n) is 15.6. The first-order valence-corrected chi connectivity index (χ1v) is 30.8. The van der Waals surface area contributed by atoms with Gasteiger partial charge < -0.3 is 18.9 Å². The van der Waals surface area contributed by atoms with Crippen molar-refractivity contribution in [2.24, 2.45) is 0 Å². The SMILES string of the molecule is c1ccc(N(c2ccc3cc4c(cc3c2)C2(c3cc5cc(N(c6ccccc6)c6ccc7c(c6)c6ccccc6n7-c6ccccc6)ccc5cc3-4)c3ccccc3-c3c2ccc2ccccc32)c2ccc3c(c2)c2ccccc2n3-c2ccccc2)cc1. The monoisotopic (exact) mass is 1130 g/mol. The van der Waals surface area contributed by atoms with Gasteiger partial charge in [0.05, 0.1) is 27.5 Å². The zero-order chi connectivity index (χ0) is 58.3. The lowest BCUT2D eigenvalue weighted by Crippen LogP contribution is -2.26. The molecule has 0 radical (unpaired) electrons. The number of benzene rings is 15. The first kappa shape index (κ1) is 49.5. The minimum Gasteiger partial charge on any atom is -0.310 e.